The third-order valence-electron chi connectivity index (χ3n) is 3.91. The fourth-order valence-corrected chi connectivity index (χ4v) is 2.54. The van der Waals surface area contributed by atoms with Crippen LogP contribution in [0.1, 0.15) is 34.4 Å². The Hall–Kier alpha value is -3.95. The molecule has 0 bridgehead atoms. The van der Waals surface area contributed by atoms with E-state index in [2.05, 4.69) is 15.0 Å². The topological polar surface area (TPSA) is 100 Å². The van der Waals surface area contributed by atoms with Crippen molar-refractivity contribution in [3.05, 3.63) is 83.4 Å². The number of hydrogen-bond acceptors (Lipinski definition) is 5. The molecule has 160 valence electrons. The number of carbonyl (C=O) groups excluding carboxylic acids is 1. The van der Waals surface area contributed by atoms with E-state index in [9.17, 15) is 18.0 Å². The number of aromatic amines is 1. The molecule has 0 aliphatic carbocycles. The minimum absolute atomic E-state index is 0.0985. The Morgan fingerprint density at radius 2 is 1.87 bits per heavy atom. The number of benzene rings is 1. The number of carbonyl (C=O) groups is 1. The summed E-state index contributed by atoms with van der Waals surface area (Å²) >= 11 is 0. The van der Waals surface area contributed by atoms with E-state index in [0.717, 1.165) is 12.1 Å². The average molecular weight is 430 g/mol. The van der Waals surface area contributed by atoms with Crippen LogP contribution < -0.4 is 4.74 Å². The highest BCUT2D eigenvalue weighted by molar-refractivity contribution is 6.11. The van der Waals surface area contributed by atoms with Gasteiger partial charge in [0.15, 0.2) is 5.84 Å². The lowest BCUT2D eigenvalue weighted by molar-refractivity contribution is -0.141. The lowest BCUT2D eigenvalue weighted by atomic mass is 10.2. The fraction of sp³-hybridized carbons (Fsp3) is 0.143. The molecule has 2 heterocycles. The molecule has 0 saturated heterocycles. The van der Waals surface area contributed by atoms with Crippen LogP contribution in [0.2, 0.25) is 0 Å². The molecule has 0 unspecified atom stereocenters. The van der Waals surface area contributed by atoms with Gasteiger partial charge in [0.1, 0.15) is 22.8 Å². The van der Waals surface area contributed by atoms with Crippen LogP contribution in [0, 0.1) is 5.41 Å². The minimum atomic E-state index is -4.67. The van der Waals surface area contributed by atoms with Gasteiger partial charge in [0.05, 0.1) is 12.2 Å². The van der Waals surface area contributed by atoms with Gasteiger partial charge in [-0.15, -0.1) is 0 Å². The number of amidine groups is 1. The molecule has 0 spiro atoms. The van der Waals surface area contributed by atoms with Gasteiger partial charge in [-0.2, -0.15) is 18.2 Å². The Bertz CT molecular complexity index is 1110. The third kappa shape index (κ3) is 5.35. The van der Waals surface area contributed by atoms with Crippen molar-refractivity contribution in [3.63, 3.8) is 0 Å². The zero-order valence-electron chi connectivity index (χ0n) is 16.2. The first-order chi connectivity index (χ1) is 14.8. The van der Waals surface area contributed by atoms with Crippen LogP contribution in [0.5, 0.6) is 5.75 Å². The maximum absolute atomic E-state index is 13.0. The summed E-state index contributed by atoms with van der Waals surface area (Å²) < 4.78 is 49.7. The van der Waals surface area contributed by atoms with E-state index in [1.54, 1.807) is 37.3 Å². The van der Waals surface area contributed by atoms with E-state index in [-0.39, 0.29) is 29.5 Å². The standard InChI is InChI=1S/C21H17F3N4O3/c1-2-30-20(29)14-11-12-26-17(14)19(31-13-7-4-3-5-8-13)28-18(25)15-9-6-10-16(27-15)21(22,23)24/h3-12,25-26H,2H2,1H3. The minimum Gasteiger partial charge on any atom is -0.462 e. The van der Waals surface area contributed by atoms with Gasteiger partial charge in [0.2, 0.25) is 5.90 Å². The van der Waals surface area contributed by atoms with E-state index in [4.69, 9.17) is 14.9 Å². The normalized spacial score (nSPS) is 11.8. The molecule has 0 atom stereocenters. The third-order valence-corrected chi connectivity index (χ3v) is 3.91. The number of halogens is 3. The summed E-state index contributed by atoms with van der Waals surface area (Å²) in [5, 5.41) is 8.16. The van der Waals surface area contributed by atoms with Crippen LogP contribution in [0.15, 0.2) is 65.8 Å². The highest BCUT2D eigenvalue weighted by Crippen LogP contribution is 2.27. The number of pyridine rings is 1. The van der Waals surface area contributed by atoms with Gasteiger partial charge in [0.25, 0.3) is 0 Å². The van der Waals surface area contributed by atoms with Crippen LogP contribution >= 0.6 is 0 Å². The number of esters is 1. The van der Waals surface area contributed by atoms with Crippen LogP contribution in [0.3, 0.4) is 0 Å². The van der Waals surface area contributed by atoms with Crippen LogP contribution in [-0.2, 0) is 10.9 Å². The van der Waals surface area contributed by atoms with Gasteiger partial charge in [0, 0.05) is 6.20 Å². The van der Waals surface area contributed by atoms with Crippen molar-refractivity contribution in [3.8, 4) is 5.75 Å². The van der Waals surface area contributed by atoms with E-state index < -0.39 is 23.7 Å². The number of nitrogens with one attached hydrogen (secondary N) is 2. The highest BCUT2D eigenvalue weighted by Gasteiger charge is 2.32. The van der Waals surface area contributed by atoms with Gasteiger partial charge < -0.3 is 14.5 Å². The Morgan fingerprint density at radius 1 is 1.13 bits per heavy atom. The molecule has 0 fully saturated rings. The van der Waals surface area contributed by atoms with Crippen molar-refractivity contribution in [2.45, 2.75) is 13.1 Å². The molecular weight excluding hydrogens is 413 g/mol. The van der Waals surface area contributed by atoms with Crippen molar-refractivity contribution in [1.82, 2.24) is 9.97 Å². The van der Waals surface area contributed by atoms with Gasteiger partial charge in [-0.05, 0) is 37.3 Å². The number of para-hydroxylation sites is 1. The Morgan fingerprint density at radius 3 is 2.55 bits per heavy atom. The van der Waals surface area contributed by atoms with Gasteiger partial charge in [-0.3, -0.25) is 5.41 Å². The van der Waals surface area contributed by atoms with Crippen molar-refractivity contribution < 1.29 is 27.4 Å². The van der Waals surface area contributed by atoms with Crippen molar-refractivity contribution >= 4 is 17.7 Å². The molecule has 7 nitrogen and oxygen atoms in total. The van der Waals surface area contributed by atoms with Crippen LogP contribution in [0.4, 0.5) is 13.2 Å². The number of rotatable bonds is 5. The van der Waals surface area contributed by atoms with Gasteiger partial charge in [-0.25, -0.2) is 9.78 Å². The van der Waals surface area contributed by atoms with E-state index in [1.165, 1.54) is 18.3 Å². The average Bonchev–Trinajstić information content (AvgIpc) is 3.24. The predicted octanol–water partition coefficient (Wildman–Crippen LogP) is 4.46. The smallest absolute Gasteiger partial charge is 0.433 e. The molecule has 2 N–H and O–H groups in total. The number of hydrogen-bond donors (Lipinski definition) is 2. The van der Waals surface area contributed by atoms with Gasteiger partial charge in [-0.1, -0.05) is 24.3 Å². The molecule has 0 amide bonds. The van der Waals surface area contributed by atoms with Crippen molar-refractivity contribution in [2.24, 2.45) is 4.99 Å². The zero-order valence-corrected chi connectivity index (χ0v) is 16.2. The molecule has 0 radical (unpaired) electrons. The molecule has 2 aromatic heterocycles. The highest BCUT2D eigenvalue weighted by atomic mass is 19.4. The van der Waals surface area contributed by atoms with Crippen LogP contribution in [0.25, 0.3) is 0 Å². The number of aliphatic imine (C=N–C) groups is 1. The van der Waals surface area contributed by atoms with Crippen LogP contribution in [-0.4, -0.2) is 34.3 Å². The number of alkyl halides is 3. The Balaban J connectivity index is 2.03. The lowest BCUT2D eigenvalue weighted by Gasteiger charge is -2.11. The summed E-state index contributed by atoms with van der Waals surface area (Å²) in [4.78, 5) is 22.5. The largest absolute Gasteiger partial charge is 0.462 e. The first-order valence-electron chi connectivity index (χ1n) is 9.09. The van der Waals surface area contributed by atoms with E-state index in [1.807, 2.05) is 0 Å². The number of aromatic nitrogens is 2. The molecule has 10 heteroatoms. The number of H-pyrrole nitrogens is 1. The number of nitrogens with zero attached hydrogens (tertiary/aromatic N) is 2. The van der Waals surface area contributed by atoms with E-state index >= 15 is 0 Å². The molecule has 3 aromatic rings. The quantitative estimate of drug-likeness (QED) is 0.355. The molecule has 0 aliphatic rings. The second-order valence-corrected chi connectivity index (χ2v) is 6.07. The Labute approximate surface area is 175 Å². The second-order valence-electron chi connectivity index (χ2n) is 6.07. The second kappa shape index (κ2) is 9.24. The summed E-state index contributed by atoms with van der Waals surface area (Å²) in [5.41, 5.74) is -1.25. The summed E-state index contributed by atoms with van der Waals surface area (Å²) in [6.45, 7) is 1.79. The first-order valence-corrected chi connectivity index (χ1v) is 9.09. The summed E-state index contributed by atoms with van der Waals surface area (Å²) in [7, 11) is 0. The maximum Gasteiger partial charge on any atom is 0.433 e. The summed E-state index contributed by atoms with van der Waals surface area (Å²) in [6, 6.07) is 13.0. The zero-order chi connectivity index (χ0) is 22.4. The SMILES string of the molecule is CCOC(=O)c1cc[nH]c1C(=NC(=N)c1cccc(C(F)(F)F)n1)Oc1ccccc1. The molecule has 0 saturated carbocycles. The number of ether oxygens (including phenoxy) is 2. The van der Waals surface area contributed by atoms with E-state index in [0.29, 0.717) is 5.75 Å². The molecule has 0 aliphatic heterocycles. The first kappa shape index (κ1) is 21.8. The molecule has 1 aromatic carbocycles. The molecule has 31 heavy (non-hydrogen) atoms. The van der Waals surface area contributed by atoms with Crippen molar-refractivity contribution in [1.29, 1.82) is 5.41 Å². The maximum atomic E-state index is 13.0. The molecular formula is C21H17F3N4O3. The monoisotopic (exact) mass is 430 g/mol. The van der Waals surface area contributed by atoms with Crippen molar-refractivity contribution in [2.75, 3.05) is 6.61 Å². The lowest BCUT2D eigenvalue weighted by Crippen LogP contribution is -2.19. The summed E-state index contributed by atoms with van der Waals surface area (Å²) in [6.07, 6.45) is -3.21. The molecule has 3 rings (SSSR count). The Kier molecular flexibility index (Phi) is 6.49. The van der Waals surface area contributed by atoms with Gasteiger partial charge >= 0.3 is 12.1 Å². The fourth-order valence-electron chi connectivity index (χ4n) is 2.54. The predicted molar refractivity (Wildman–Crippen MR) is 106 cm³/mol. The summed E-state index contributed by atoms with van der Waals surface area (Å²) in [5.74, 6) is -1.09.